The first-order valence-corrected chi connectivity index (χ1v) is 8.07. The normalized spacial score (nSPS) is 24.1. The van der Waals surface area contributed by atoms with Crippen molar-refractivity contribution < 1.29 is 4.42 Å². The molecule has 2 aliphatic carbocycles. The Balaban J connectivity index is 1.51. The molecule has 2 aromatic rings. The van der Waals surface area contributed by atoms with E-state index in [0.717, 1.165) is 19.3 Å². The van der Waals surface area contributed by atoms with Gasteiger partial charge in [0, 0.05) is 12.0 Å². The maximum Gasteiger partial charge on any atom is 0.232 e. The van der Waals surface area contributed by atoms with Crippen molar-refractivity contribution in [3.8, 4) is 6.07 Å². The van der Waals surface area contributed by atoms with E-state index in [1.165, 1.54) is 18.4 Å². The highest BCUT2D eigenvalue weighted by atomic mass is 16.4. The quantitative estimate of drug-likeness (QED) is 0.919. The second kappa shape index (κ2) is 5.49. The summed E-state index contributed by atoms with van der Waals surface area (Å²) < 4.78 is 5.90. The molecule has 112 valence electrons. The second-order valence-electron chi connectivity index (χ2n) is 6.33. The number of nitrogens with zero attached hydrogens (tertiary/aromatic N) is 2. The molecule has 2 atom stereocenters. The van der Waals surface area contributed by atoms with Crippen LogP contribution < -0.4 is 5.32 Å². The molecule has 0 saturated heterocycles. The van der Waals surface area contributed by atoms with Crippen LogP contribution in [-0.2, 0) is 0 Å². The average Bonchev–Trinajstić information content (AvgIpc) is 3.00. The molecule has 4 heteroatoms. The van der Waals surface area contributed by atoms with Crippen LogP contribution >= 0.6 is 0 Å². The smallest absolute Gasteiger partial charge is 0.232 e. The summed E-state index contributed by atoms with van der Waals surface area (Å²) in [5.74, 6) is 2.08. The molecular formula is C18H19N3O. The largest absolute Gasteiger partial charge is 0.424 e. The number of nitriles is 1. The Kier molecular flexibility index (Phi) is 3.34. The first kappa shape index (κ1) is 13.4. The Labute approximate surface area is 130 Å². The summed E-state index contributed by atoms with van der Waals surface area (Å²) in [6.45, 7) is 0. The van der Waals surface area contributed by atoms with Crippen LogP contribution in [-0.4, -0.2) is 11.0 Å². The SMILES string of the molecule is N#Cc1nc([C@@H]2C[C@@H]2c2ccccc2)oc1NC1CCCC1. The zero-order chi connectivity index (χ0) is 14.9. The number of hydrogen-bond acceptors (Lipinski definition) is 4. The van der Waals surface area contributed by atoms with E-state index in [9.17, 15) is 5.26 Å². The molecule has 4 rings (SSSR count). The van der Waals surface area contributed by atoms with Crippen LogP contribution in [0.15, 0.2) is 34.7 Å². The van der Waals surface area contributed by atoms with Gasteiger partial charge in [-0.05, 0) is 30.7 Å². The van der Waals surface area contributed by atoms with Gasteiger partial charge in [-0.1, -0.05) is 43.2 Å². The average molecular weight is 293 g/mol. The third kappa shape index (κ3) is 2.48. The highest BCUT2D eigenvalue weighted by Gasteiger charge is 2.43. The van der Waals surface area contributed by atoms with E-state index in [4.69, 9.17) is 4.42 Å². The van der Waals surface area contributed by atoms with Crippen LogP contribution in [0.4, 0.5) is 5.88 Å². The molecular weight excluding hydrogens is 274 g/mol. The number of nitrogens with one attached hydrogen (secondary N) is 1. The molecule has 0 radical (unpaired) electrons. The molecule has 22 heavy (non-hydrogen) atoms. The molecule has 1 N–H and O–H groups in total. The van der Waals surface area contributed by atoms with Crippen molar-refractivity contribution in [3.63, 3.8) is 0 Å². The van der Waals surface area contributed by atoms with Gasteiger partial charge in [0.1, 0.15) is 6.07 Å². The molecule has 1 aromatic carbocycles. The first-order chi connectivity index (χ1) is 10.8. The van der Waals surface area contributed by atoms with E-state index in [-0.39, 0.29) is 0 Å². The maximum atomic E-state index is 9.28. The summed E-state index contributed by atoms with van der Waals surface area (Å²) in [6, 6.07) is 13.0. The molecule has 2 aliphatic rings. The van der Waals surface area contributed by atoms with Crippen molar-refractivity contribution >= 4 is 5.88 Å². The number of benzene rings is 1. The van der Waals surface area contributed by atoms with Gasteiger partial charge in [0.05, 0.1) is 0 Å². The zero-order valence-electron chi connectivity index (χ0n) is 12.5. The van der Waals surface area contributed by atoms with Crippen LogP contribution in [0.1, 0.15) is 61.1 Å². The van der Waals surface area contributed by atoms with Crippen molar-refractivity contribution in [3.05, 3.63) is 47.5 Å². The monoisotopic (exact) mass is 293 g/mol. The summed E-state index contributed by atoms with van der Waals surface area (Å²) in [4.78, 5) is 4.42. The van der Waals surface area contributed by atoms with E-state index in [1.54, 1.807) is 0 Å². The minimum Gasteiger partial charge on any atom is -0.424 e. The van der Waals surface area contributed by atoms with Crippen LogP contribution in [0.2, 0.25) is 0 Å². The molecule has 1 aromatic heterocycles. The summed E-state index contributed by atoms with van der Waals surface area (Å²) in [5, 5.41) is 12.6. The molecule has 0 amide bonds. The fourth-order valence-corrected chi connectivity index (χ4v) is 3.46. The van der Waals surface area contributed by atoms with Gasteiger partial charge in [0.15, 0.2) is 0 Å². The Morgan fingerprint density at radius 2 is 1.91 bits per heavy atom. The fraction of sp³-hybridized carbons (Fsp3) is 0.444. The summed E-state index contributed by atoms with van der Waals surface area (Å²) in [7, 11) is 0. The molecule has 0 spiro atoms. The van der Waals surface area contributed by atoms with Gasteiger partial charge in [0.2, 0.25) is 17.5 Å². The lowest BCUT2D eigenvalue weighted by atomic mass is 10.1. The van der Waals surface area contributed by atoms with Crippen LogP contribution in [0, 0.1) is 11.3 Å². The van der Waals surface area contributed by atoms with Gasteiger partial charge in [-0.2, -0.15) is 5.26 Å². The van der Waals surface area contributed by atoms with Gasteiger partial charge >= 0.3 is 0 Å². The number of oxazole rings is 1. The van der Waals surface area contributed by atoms with Crippen molar-refractivity contribution in [2.24, 2.45) is 0 Å². The summed E-state index contributed by atoms with van der Waals surface area (Å²) >= 11 is 0. The highest BCUT2D eigenvalue weighted by Crippen LogP contribution is 2.54. The van der Waals surface area contributed by atoms with Crippen molar-refractivity contribution in [2.45, 2.75) is 50.0 Å². The van der Waals surface area contributed by atoms with Crippen LogP contribution in [0.3, 0.4) is 0 Å². The number of rotatable bonds is 4. The molecule has 2 fully saturated rings. The van der Waals surface area contributed by atoms with E-state index in [1.807, 2.05) is 6.07 Å². The Bertz CT molecular complexity index is 695. The second-order valence-corrected chi connectivity index (χ2v) is 6.33. The van der Waals surface area contributed by atoms with Gasteiger partial charge in [-0.3, -0.25) is 0 Å². The molecule has 0 unspecified atom stereocenters. The summed E-state index contributed by atoms with van der Waals surface area (Å²) in [6.07, 6.45) is 5.85. The Morgan fingerprint density at radius 1 is 1.14 bits per heavy atom. The predicted molar refractivity (Wildman–Crippen MR) is 83.6 cm³/mol. The van der Waals surface area contributed by atoms with Gasteiger partial charge in [0.25, 0.3) is 0 Å². The van der Waals surface area contributed by atoms with Gasteiger partial charge < -0.3 is 9.73 Å². The number of hydrogen-bond donors (Lipinski definition) is 1. The molecule has 0 aliphatic heterocycles. The highest BCUT2D eigenvalue weighted by molar-refractivity contribution is 5.47. The van der Waals surface area contributed by atoms with Gasteiger partial charge in [-0.25, -0.2) is 4.98 Å². The molecule has 2 saturated carbocycles. The third-order valence-electron chi connectivity index (χ3n) is 4.78. The van der Waals surface area contributed by atoms with E-state index in [0.29, 0.717) is 35.3 Å². The van der Waals surface area contributed by atoms with Gasteiger partial charge in [-0.15, -0.1) is 0 Å². The fourth-order valence-electron chi connectivity index (χ4n) is 3.46. The van der Waals surface area contributed by atoms with E-state index in [2.05, 4.69) is 40.6 Å². The van der Waals surface area contributed by atoms with Crippen molar-refractivity contribution in [1.29, 1.82) is 5.26 Å². The molecule has 1 heterocycles. The number of anilines is 1. The molecule has 0 bridgehead atoms. The zero-order valence-corrected chi connectivity index (χ0v) is 12.5. The molecule has 4 nitrogen and oxygen atoms in total. The van der Waals surface area contributed by atoms with Crippen molar-refractivity contribution in [1.82, 2.24) is 4.98 Å². The predicted octanol–water partition coefficient (Wildman–Crippen LogP) is 4.17. The lowest BCUT2D eigenvalue weighted by Crippen LogP contribution is -2.14. The minimum absolute atomic E-state index is 0.314. The van der Waals surface area contributed by atoms with Crippen LogP contribution in [0.25, 0.3) is 0 Å². The maximum absolute atomic E-state index is 9.28. The van der Waals surface area contributed by atoms with Crippen molar-refractivity contribution in [2.75, 3.05) is 5.32 Å². The van der Waals surface area contributed by atoms with Crippen LogP contribution in [0.5, 0.6) is 0 Å². The Morgan fingerprint density at radius 3 is 2.64 bits per heavy atom. The van der Waals surface area contributed by atoms with E-state index < -0.39 is 0 Å². The Hall–Kier alpha value is -2.28. The number of aromatic nitrogens is 1. The lowest BCUT2D eigenvalue weighted by Gasteiger charge is -2.09. The minimum atomic E-state index is 0.314. The summed E-state index contributed by atoms with van der Waals surface area (Å²) in [5.41, 5.74) is 1.73. The van der Waals surface area contributed by atoms with E-state index >= 15 is 0 Å². The third-order valence-corrected chi connectivity index (χ3v) is 4.78. The lowest BCUT2D eigenvalue weighted by molar-refractivity contribution is 0.498. The standard InChI is InChI=1S/C18H19N3O/c19-11-16-18(20-13-8-4-5-9-13)22-17(21-16)15-10-14(15)12-6-2-1-3-7-12/h1-3,6-7,13-15,20H,4-5,8-10H2/t14-,15-/m1/s1. The topological polar surface area (TPSA) is 61.9 Å². The first-order valence-electron chi connectivity index (χ1n) is 8.07.